The van der Waals surface area contributed by atoms with Crippen LogP contribution in [0.25, 0.3) is 0 Å². The fourth-order valence-electron chi connectivity index (χ4n) is 2.52. The van der Waals surface area contributed by atoms with E-state index in [1.54, 1.807) is 12.1 Å². The van der Waals surface area contributed by atoms with Crippen LogP contribution in [0.1, 0.15) is 11.1 Å². The molecule has 17 heavy (non-hydrogen) atoms. The summed E-state index contributed by atoms with van der Waals surface area (Å²) < 4.78 is 0. The minimum absolute atomic E-state index is 0.211. The van der Waals surface area contributed by atoms with Crippen LogP contribution in [0.3, 0.4) is 0 Å². The van der Waals surface area contributed by atoms with Crippen molar-refractivity contribution in [2.45, 2.75) is 19.0 Å². The van der Waals surface area contributed by atoms with Gasteiger partial charge < -0.3 is 5.32 Å². The summed E-state index contributed by atoms with van der Waals surface area (Å²) in [5.74, 6) is 0. The normalized spacial score (nSPS) is 20.7. The van der Waals surface area contributed by atoms with Gasteiger partial charge in [0.1, 0.15) is 0 Å². The maximum absolute atomic E-state index is 10.7. The number of fused-ring (bicyclic) bond motifs is 1. The molecule has 0 atom stereocenters. The third kappa shape index (κ3) is 1.92. The molecule has 90 valence electrons. The maximum atomic E-state index is 10.7. The molecule has 0 bridgehead atoms. The number of nitro benzene ring substituents is 1. The van der Waals surface area contributed by atoms with Crippen molar-refractivity contribution in [1.82, 2.24) is 10.2 Å². The molecule has 1 aromatic carbocycles. The van der Waals surface area contributed by atoms with Crippen LogP contribution in [0.15, 0.2) is 18.2 Å². The van der Waals surface area contributed by atoms with Crippen LogP contribution < -0.4 is 5.32 Å². The highest BCUT2D eigenvalue weighted by Crippen LogP contribution is 2.25. The molecular formula is C12H15N3O2. The predicted octanol–water partition coefficient (Wildman–Crippen LogP) is 0.925. The standard InChI is InChI=1S/C12H15N3O2/c16-15(17)11-2-1-10-8-14(12-6-13-7-12)4-3-9(10)5-11/h1-2,5,12-13H,3-4,6-8H2. The van der Waals surface area contributed by atoms with Gasteiger partial charge in [0.05, 0.1) is 4.92 Å². The summed E-state index contributed by atoms with van der Waals surface area (Å²) in [6.07, 6.45) is 0.924. The monoisotopic (exact) mass is 233 g/mol. The first kappa shape index (κ1) is 10.7. The lowest BCUT2D eigenvalue weighted by Crippen LogP contribution is -2.57. The second-order valence-electron chi connectivity index (χ2n) is 4.74. The fraction of sp³-hybridized carbons (Fsp3) is 0.500. The second-order valence-corrected chi connectivity index (χ2v) is 4.74. The second kappa shape index (κ2) is 4.09. The SMILES string of the molecule is O=[N+]([O-])c1ccc2c(c1)CCN(C1CNC1)C2. The van der Waals surface area contributed by atoms with E-state index in [2.05, 4.69) is 10.2 Å². The van der Waals surface area contributed by atoms with Gasteiger partial charge in [-0.3, -0.25) is 15.0 Å². The lowest BCUT2D eigenvalue weighted by Gasteiger charge is -2.40. The molecule has 0 saturated carbocycles. The number of benzene rings is 1. The predicted molar refractivity (Wildman–Crippen MR) is 63.9 cm³/mol. The van der Waals surface area contributed by atoms with Crippen LogP contribution in [0.2, 0.25) is 0 Å². The van der Waals surface area contributed by atoms with Gasteiger partial charge in [0.25, 0.3) is 5.69 Å². The van der Waals surface area contributed by atoms with Gasteiger partial charge in [-0.25, -0.2) is 0 Å². The van der Waals surface area contributed by atoms with Crippen LogP contribution >= 0.6 is 0 Å². The van der Waals surface area contributed by atoms with Crippen LogP contribution in [-0.2, 0) is 13.0 Å². The average Bonchev–Trinajstić information content (AvgIpc) is 2.26. The van der Waals surface area contributed by atoms with Gasteiger partial charge in [-0.05, 0) is 17.5 Å². The molecule has 3 rings (SSSR count). The number of nitrogens with one attached hydrogen (secondary N) is 1. The Balaban J connectivity index is 1.81. The zero-order chi connectivity index (χ0) is 11.8. The van der Waals surface area contributed by atoms with E-state index >= 15 is 0 Å². The average molecular weight is 233 g/mol. The molecule has 1 aromatic rings. The molecule has 0 amide bonds. The largest absolute Gasteiger partial charge is 0.314 e. The summed E-state index contributed by atoms with van der Waals surface area (Å²) in [6, 6.07) is 5.90. The molecule has 1 saturated heterocycles. The molecule has 1 fully saturated rings. The third-order valence-corrected chi connectivity index (χ3v) is 3.72. The van der Waals surface area contributed by atoms with Gasteiger partial charge in [0, 0.05) is 44.4 Å². The quantitative estimate of drug-likeness (QED) is 0.609. The minimum Gasteiger partial charge on any atom is -0.314 e. The molecule has 5 heteroatoms. The van der Waals surface area contributed by atoms with E-state index in [0.29, 0.717) is 6.04 Å². The van der Waals surface area contributed by atoms with E-state index in [1.165, 1.54) is 5.56 Å². The smallest absolute Gasteiger partial charge is 0.269 e. The Morgan fingerprint density at radius 2 is 2.18 bits per heavy atom. The van der Waals surface area contributed by atoms with Gasteiger partial charge in [-0.2, -0.15) is 0 Å². The summed E-state index contributed by atoms with van der Waals surface area (Å²) >= 11 is 0. The molecular weight excluding hydrogens is 218 g/mol. The van der Waals surface area contributed by atoms with Crippen LogP contribution in [0.4, 0.5) is 5.69 Å². The Labute approximate surface area is 99.6 Å². The summed E-state index contributed by atoms with van der Waals surface area (Å²) in [5.41, 5.74) is 2.60. The van der Waals surface area contributed by atoms with E-state index in [9.17, 15) is 10.1 Å². The molecule has 0 aromatic heterocycles. The number of nitro groups is 1. The zero-order valence-electron chi connectivity index (χ0n) is 9.56. The van der Waals surface area contributed by atoms with Crippen molar-refractivity contribution in [3.05, 3.63) is 39.4 Å². The van der Waals surface area contributed by atoms with Crippen molar-refractivity contribution in [2.24, 2.45) is 0 Å². The summed E-state index contributed by atoms with van der Waals surface area (Å²) in [6.45, 7) is 4.09. The zero-order valence-corrected chi connectivity index (χ0v) is 9.56. The lowest BCUT2D eigenvalue weighted by molar-refractivity contribution is -0.384. The highest BCUT2D eigenvalue weighted by atomic mass is 16.6. The van der Waals surface area contributed by atoms with Crippen LogP contribution in [0, 0.1) is 10.1 Å². The van der Waals surface area contributed by atoms with Crippen molar-refractivity contribution in [2.75, 3.05) is 19.6 Å². The highest BCUT2D eigenvalue weighted by Gasteiger charge is 2.28. The number of hydrogen-bond acceptors (Lipinski definition) is 4. The van der Waals surface area contributed by atoms with Crippen LogP contribution in [0.5, 0.6) is 0 Å². The maximum Gasteiger partial charge on any atom is 0.269 e. The molecule has 2 aliphatic heterocycles. The topological polar surface area (TPSA) is 58.4 Å². The first-order valence-electron chi connectivity index (χ1n) is 5.95. The van der Waals surface area contributed by atoms with Crippen molar-refractivity contribution in [1.29, 1.82) is 0 Å². The van der Waals surface area contributed by atoms with E-state index in [-0.39, 0.29) is 10.6 Å². The van der Waals surface area contributed by atoms with E-state index < -0.39 is 0 Å². The number of rotatable bonds is 2. The molecule has 0 unspecified atom stereocenters. The number of non-ortho nitro benzene ring substituents is 1. The van der Waals surface area contributed by atoms with Gasteiger partial charge in [-0.1, -0.05) is 6.07 Å². The van der Waals surface area contributed by atoms with E-state index in [1.807, 2.05) is 6.07 Å². The third-order valence-electron chi connectivity index (χ3n) is 3.72. The summed E-state index contributed by atoms with van der Waals surface area (Å²) in [5, 5.41) is 14.0. The molecule has 0 radical (unpaired) electrons. The molecule has 2 aliphatic rings. The molecule has 2 heterocycles. The Kier molecular flexibility index (Phi) is 2.57. The Morgan fingerprint density at radius 3 is 2.82 bits per heavy atom. The van der Waals surface area contributed by atoms with Gasteiger partial charge in [-0.15, -0.1) is 0 Å². The number of nitrogens with zero attached hydrogens (tertiary/aromatic N) is 2. The van der Waals surface area contributed by atoms with Crippen molar-refractivity contribution >= 4 is 5.69 Å². The fourth-order valence-corrected chi connectivity index (χ4v) is 2.52. The van der Waals surface area contributed by atoms with E-state index in [4.69, 9.17) is 0 Å². The van der Waals surface area contributed by atoms with Gasteiger partial charge in [0.2, 0.25) is 0 Å². The summed E-state index contributed by atoms with van der Waals surface area (Å²) in [7, 11) is 0. The lowest BCUT2D eigenvalue weighted by atomic mass is 9.96. The first-order valence-corrected chi connectivity index (χ1v) is 5.95. The Bertz CT molecular complexity index is 457. The Hall–Kier alpha value is -1.46. The number of hydrogen-bond donors (Lipinski definition) is 1. The van der Waals surface area contributed by atoms with Gasteiger partial charge in [0.15, 0.2) is 0 Å². The van der Waals surface area contributed by atoms with E-state index in [0.717, 1.165) is 38.2 Å². The van der Waals surface area contributed by atoms with Gasteiger partial charge >= 0.3 is 0 Å². The van der Waals surface area contributed by atoms with Crippen molar-refractivity contribution in [3.63, 3.8) is 0 Å². The first-order chi connectivity index (χ1) is 8.24. The Morgan fingerprint density at radius 1 is 1.35 bits per heavy atom. The molecule has 5 nitrogen and oxygen atoms in total. The minimum atomic E-state index is -0.317. The van der Waals surface area contributed by atoms with Crippen molar-refractivity contribution in [3.8, 4) is 0 Å². The van der Waals surface area contributed by atoms with Crippen LogP contribution in [-0.4, -0.2) is 35.5 Å². The van der Waals surface area contributed by atoms with Crippen molar-refractivity contribution < 1.29 is 4.92 Å². The molecule has 1 N–H and O–H groups in total. The summed E-state index contributed by atoms with van der Waals surface area (Å²) in [4.78, 5) is 12.8. The highest BCUT2D eigenvalue weighted by molar-refractivity contribution is 5.41. The molecule has 0 aliphatic carbocycles. The molecule has 0 spiro atoms.